The molecule has 0 amide bonds. The van der Waals surface area contributed by atoms with E-state index in [0.29, 0.717) is 5.54 Å². The fourth-order valence-corrected chi connectivity index (χ4v) is 3.61. The molecule has 1 fully saturated rings. The molecule has 1 heterocycles. The Morgan fingerprint density at radius 2 is 1.14 bits per heavy atom. The van der Waals surface area contributed by atoms with Crippen molar-refractivity contribution in [2.75, 3.05) is 13.3 Å². The molecule has 2 nitrogen and oxygen atoms in total. The van der Waals surface area contributed by atoms with Crippen LogP contribution >= 0.6 is 0 Å². The Hall–Kier alpha value is -0.0800. The summed E-state index contributed by atoms with van der Waals surface area (Å²) >= 11 is 0. The number of hydrogen-bond acceptors (Lipinski definition) is 2. The second kappa shape index (κ2) is 13.4. The summed E-state index contributed by atoms with van der Waals surface area (Å²) in [5.74, 6) is 0. The zero-order valence-electron chi connectivity index (χ0n) is 15.4. The minimum absolute atomic E-state index is 0.314. The number of unbranched alkanes of at least 4 members (excludes halogenated alkanes) is 11. The van der Waals surface area contributed by atoms with Gasteiger partial charge in [-0.15, -0.1) is 0 Å². The van der Waals surface area contributed by atoms with E-state index in [1.165, 1.54) is 96.3 Å². The van der Waals surface area contributed by atoms with E-state index in [2.05, 4.69) is 19.2 Å². The Balaban J connectivity index is 2.01. The van der Waals surface area contributed by atoms with Crippen LogP contribution in [0.15, 0.2) is 0 Å². The molecule has 1 aliphatic rings. The Bertz CT molecular complexity index is 236. The zero-order valence-corrected chi connectivity index (χ0v) is 15.4. The second-order valence-corrected chi connectivity index (χ2v) is 7.34. The van der Waals surface area contributed by atoms with Gasteiger partial charge in [0.2, 0.25) is 0 Å². The molecule has 0 aromatic heterocycles. The van der Waals surface area contributed by atoms with Crippen molar-refractivity contribution in [2.24, 2.45) is 0 Å². The molecule has 22 heavy (non-hydrogen) atoms. The molecule has 1 rings (SSSR count). The molecule has 0 saturated carbocycles. The van der Waals surface area contributed by atoms with Gasteiger partial charge in [0, 0.05) is 5.54 Å². The van der Waals surface area contributed by atoms with Gasteiger partial charge in [-0.2, -0.15) is 0 Å². The van der Waals surface area contributed by atoms with Gasteiger partial charge in [-0.05, 0) is 12.8 Å². The summed E-state index contributed by atoms with van der Waals surface area (Å²) in [6, 6.07) is 0. The van der Waals surface area contributed by atoms with E-state index < -0.39 is 0 Å². The van der Waals surface area contributed by atoms with Gasteiger partial charge in [-0.3, -0.25) is 5.32 Å². The predicted molar refractivity (Wildman–Crippen MR) is 97.3 cm³/mol. The lowest BCUT2D eigenvalue weighted by Gasteiger charge is -2.28. The van der Waals surface area contributed by atoms with Crippen LogP contribution in [0.5, 0.6) is 0 Å². The quantitative estimate of drug-likeness (QED) is 0.364. The molecule has 0 aromatic rings. The van der Waals surface area contributed by atoms with Crippen molar-refractivity contribution in [1.29, 1.82) is 0 Å². The lowest BCUT2D eigenvalue weighted by molar-refractivity contribution is 0.169. The minimum Gasteiger partial charge on any atom is -0.364 e. The Labute approximate surface area is 139 Å². The lowest BCUT2D eigenvalue weighted by Crippen LogP contribution is -2.42. The monoisotopic (exact) mass is 311 g/mol. The van der Waals surface area contributed by atoms with Gasteiger partial charge >= 0.3 is 0 Å². The standard InChI is InChI=1S/C20H41NO/c1-3-5-7-9-10-11-12-13-15-17-20(18-22-19-21-20)16-14-8-6-4-2/h21H,3-19H2,1-2H3. The lowest BCUT2D eigenvalue weighted by atomic mass is 9.87. The van der Waals surface area contributed by atoms with Crippen molar-refractivity contribution in [3.63, 3.8) is 0 Å². The average Bonchev–Trinajstić information content (AvgIpc) is 2.99. The molecule has 0 aliphatic carbocycles. The fourth-order valence-electron chi connectivity index (χ4n) is 3.61. The maximum atomic E-state index is 5.64. The molecule has 2 heteroatoms. The van der Waals surface area contributed by atoms with Gasteiger partial charge in [-0.1, -0.05) is 97.3 Å². The first-order valence-corrected chi connectivity index (χ1v) is 10.2. The highest BCUT2D eigenvalue weighted by molar-refractivity contribution is 4.90. The molecule has 1 unspecified atom stereocenters. The van der Waals surface area contributed by atoms with E-state index >= 15 is 0 Å². The van der Waals surface area contributed by atoms with E-state index in [1.807, 2.05) is 0 Å². The number of ether oxygens (including phenoxy) is 1. The van der Waals surface area contributed by atoms with Gasteiger partial charge in [0.15, 0.2) is 0 Å². The van der Waals surface area contributed by atoms with Crippen molar-refractivity contribution in [2.45, 2.75) is 116 Å². The van der Waals surface area contributed by atoms with Crippen LogP contribution in [0.4, 0.5) is 0 Å². The molecular weight excluding hydrogens is 270 g/mol. The summed E-state index contributed by atoms with van der Waals surface area (Å²) in [7, 11) is 0. The van der Waals surface area contributed by atoms with Gasteiger partial charge in [0.25, 0.3) is 0 Å². The molecule has 1 aliphatic heterocycles. The van der Waals surface area contributed by atoms with Crippen LogP contribution in [0.2, 0.25) is 0 Å². The third-order valence-corrected chi connectivity index (χ3v) is 5.20. The Kier molecular flexibility index (Phi) is 12.1. The zero-order chi connectivity index (χ0) is 15.9. The summed E-state index contributed by atoms with van der Waals surface area (Å²) in [5.41, 5.74) is 0.314. The highest BCUT2D eigenvalue weighted by Gasteiger charge is 2.32. The molecule has 1 atom stereocenters. The summed E-state index contributed by atoms with van der Waals surface area (Å²) in [5, 5.41) is 3.65. The molecule has 132 valence electrons. The topological polar surface area (TPSA) is 21.3 Å². The van der Waals surface area contributed by atoms with Crippen LogP contribution in [0.25, 0.3) is 0 Å². The SMILES string of the molecule is CCCCCCCCCCCC1(CCCCCC)COCN1. The highest BCUT2D eigenvalue weighted by atomic mass is 16.5. The van der Waals surface area contributed by atoms with Crippen molar-refractivity contribution in [3.05, 3.63) is 0 Å². The maximum Gasteiger partial charge on any atom is 0.0971 e. The summed E-state index contributed by atoms with van der Waals surface area (Å²) in [6.45, 7) is 6.29. The fraction of sp³-hybridized carbons (Fsp3) is 1.00. The first kappa shape index (κ1) is 20.0. The minimum atomic E-state index is 0.314. The smallest absolute Gasteiger partial charge is 0.0971 e. The molecule has 0 radical (unpaired) electrons. The van der Waals surface area contributed by atoms with Crippen LogP contribution in [0, 0.1) is 0 Å². The Morgan fingerprint density at radius 3 is 1.59 bits per heavy atom. The summed E-state index contributed by atoms with van der Waals surface area (Å²) in [4.78, 5) is 0. The predicted octanol–water partition coefficient (Wildman–Crippen LogP) is 6.19. The second-order valence-electron chi connectivity index (χ2n) is 7.34. The normalized spacial score (nSPS) is 21.5. The third kappa shape index (κ3) is 9.15. The van der Waals surface area contributed by atoms with E-state index in [4.69, 9.17) is 4.74 Å². The van der Waals surface area contributed by atoms with Crippen molar-refractivity contribution in [3.8, 4) is 0 Å². The third-order valence-electron chi connectivity index (χ3n) is 5.20. The summed E-state index contributed by atoms with van der Waals surface area (Å²) < 4.78 is 5.64. The molecule has 0 spiro atoms. The van der Waals surface area contributed by atoms with Gasteiger partial charge in [-0.25, -0.2) is 0 Å². The first-order valence-electron chi connectivity index (χ1n) is 10.2. The highest BCUT2D eigenvalue weighted by Crippen LogP contribution is 2.26. The molecule has 0 aromatic carbocycles. The largest absolute Gasteiger partial charge is 0.364 e. The average molecular weight is 312 g/mol. The first-order chi connectivity index (χ1) is 10.8. The molecule has 1 saturated heterocycles. The van der Waals surface area contributed by atoms with E-state index in [0.717, 1.165) is 13.3 Å². The molecule has 0 bridgehead atoms. The maximum absolute atomic E-state index is 5.64. The number of rotatable bonds is 15. The van der Waals surface area contributed by atoms with Crippen molar-refractivity contribution in [1.82, 2.24) is 5.32 Å². The van der Waals surface area contributed by atoms with Crippen LogP contribution in [0.3, 0.4) is 0 Å². The van der Waals surface area contributed by atoms with Crippen LogP contribution in [-0.4, -0.2) is 18.9 Å². The van der Waals surface area contributed by atoms with Crippen LogP contribution in [0.1, 0.15) is 110 Å². The number of nitrogens with one attached hydrogen (secondary N) is 1. The van der Waals surface area contributed by atoms with E-state index in [-0.39, 0.29) is 0 Å². The summed E-state index contributed by atoms with van der Waals surface area (Å²) in [6.07, 6.45) is 20.9. The van der Waals surface area contributed by atoms with E-state index in [9.17, 15) is 0 Å². The molecular formula is C20H41NO. The van der Waals surface area contributed by atoms with E-state index in [1.54, 1.807) is 0 Å². The van der Waals surface area contributed by atoms with Gasteiger partial charge < -0.3 is 4.74 Å². The van der Waals surface area contributed by atoms with Gasteiger partial charge in [0.1, 0.15) is 0 Å². The van der Waals surface area contributed by atoms with Gasteiger partial charge in [0.05, 0.1) is 13.3 Å². The van der Waals surface area contributed by atoms with Crippen LogP contribution in [-0.2, 0) is 4.74 Å². The van der Waals surface area contributed by atoms with Crippen LogP contribution < -0.4 is 5.32 Å². The molecule has 1 N–H and O–H groups in total. The Morgan fingerprint density at radius 1 is 0.682 bits per heavy atom. The van der Waals surface area contributed by atoms with Crippen molar-refractivity contribution >= 4 is 0 Å². The van der Waals surface area contributed by atoms with Crippen molar-refractivity contribution < 1.29 is 4.74 Å². The number of hydrogen-bond donors (Lipinski definition) is 1.